The molecule has 0 aliphatic heterocycles. The molecule has 2 heterocycles. The van der Waals surface area contributed by atoms with Crippen LogP contribution in [-0.4, -0.2) is 14.1 Å². The SMILES string of the molecule is CC(C)n1c(Sc2ccccc2)c(CNCc2ccncc2)n(C)c1=O. The van der Waals surface area contributed by atoms with Crippen molar-refractivity contribution in [2.24, 2.45) is 7.05 Å². The lowest BCUT2D eigenvalue weighted by molar-refractivity contribution is 0.532. The van der Waals surface area contributed by atoms with Crippen molar-refractivity contribution in [3.05, 3.63) is 76.6 Å². The van der Waals surface area contributed by atoms with Crippen LogP contribution >= 0.6 is 11.8 Å². The van der Waals surface area contributed by atoms with Gasteiger partial charge in [-0.2, -0.15) is 0 Å². The quantitative estimate of drug-likeness (QED) is 0.692. The monoisotopic (exact) mass is 368 g/mol. The van der Waals surface area contributed by atoms with E-state index in [4.69, 9.17) is 0 Å². The van der Waals surface area contributed by atoms with Crippen LogP contribution in [0.1, 0.15) is 31.1 Å². The van der Waals surface area contributed by atoms with Crippen LogP contribution in [0.15, 0.2) is 69.6 Å². The molecule has 3 aromatic rings. The molecule has 3 rings (SSSR count). The molecule has 5 nitrogen and oxygen atoms in total. The molecule has 1 N–H and O–H groups in total. The number of nitrogens with zero attached hydrogens (tertiary/aromatic N) is 3. The highest BCUT2D eigenvalue weighted by atomic mass is 32.2. The van der Waals surface area contributed by atoms with Gasteiger partial charge in [0.05, 0.1) is 5.69 Å². The number of imidazole rings is 1. The zero-order chi connectivity index (χ0) is 18.5. The first-order valence-corrected chi connectivity index (χ1v) is 9.52. The predicted octanol–water partition coefficient (Wildman–Crippen LogP) is 3.60. The first-order chi connectivity index (χ1) is 12.6. The smallest absolute Gasteiger partial charge is 0.307 e. The second-order valence-corrected chi connectivity index (χ2v) is 7.49. The summed E-state index contributed by atoms with van der Waals surface area (Å²) in [7, 11) is 1.85. The summed E-state index contributed by atoms with van der Waals surface area (Å²) < 4.78 is 3.63. The number of pyridine rings is 1. The van der Waals surface area contributed by atoms with Crippen molar-refractivity contribution < 1.29 is 0 Å². The van der Waals surface area contributed by atoms with Crippen LogP contribution in [0.5, 0.6) is 0 Å². The van der Waals surface area contributed by atoms with Crippen LogP contribution in [0.2, 0.25) is 0 Å². The van der Waals surface area contributed by atoms with Crippen LogP contribution < -0.4 is 11.0 Å². The molecule has 6 heteroatoms. The van der Waals surface area contributed by atoms with Crippen LogP contribution in [0.3, 0.4) is 0 Å². The van der Waals surface area contributed by atoms with E-state index >= 15 is 0 Å². The molecule has 0 atom stereocenters. The minimum atomic E-state index is 0.0270. The third kappa shape index (κ3) is 4.08. The lowest BCUT2D eigenvalue weighted by Crippen LogP contribution is -2.25. The van der Waals surface area contributed by atoms with Gasteiger partial charge in [0, 0.05) is 43.5 Å². The van der Waals surface area contributed by atoms with Crippen molar-refractivity contribution in [2.45, 2.75) is 42.9 Å². The van der Waals surface area contributed by atoms with E-state index in [9.17, 15) is 4.79 Å². The van der Waals surface area contributed by atoms with Crippen molar-refractivity contribution in [1.82, 2.24) is 19.4 Å². The fraction of sp³-hybridized carbons (Fsp3) is 0.300. The Morgan fingerprint density at radius 2 is 1.77 bits per heavy atom. The summed E-state index contributed by atoms with van der Waals surface area (Å²) in [5.41, 5.74) is 2.20. The van der Waals surface area contributed by atoms with Gasteiger partial charge >= 0.3 is 5.69 Å². The Hall–Kier alpha value is -2.31. The van der Waals surface area contributed by atoms with E-state index in [-0.39, 0.29) is 11.7 Å². The Morgan fingerprint density at radius 3 is 2.42 bits per heavy atom. The van der Waals surface area contributed by atoms with Gasteiger partial charge in [0.15, 0.2) is 0 Å². The lowest BCUT2D eigenvalue weighted by atomic mass is 10.2. The van der Waals surface area contributed by atoms with E-state index in [0.717, 1.165) is 22.2 Å². The molecule has 1 aromatic carbocycles. The second-order valence-electron chi connectivity index (χ2n) is 6.43. The van der Waals surface area contributed by atoms with Crippen molar-refractivity contribution in [3.63, 3.8) is 0 Å². The minimum Gasteiger partial charge on any atom is -0.307 e. The Labute approximate surface area is 158 Å². The van der Waals surface area contributed by atoms with Gasteiger partial charge in [0.25, 0.3) is 0 Å². The Bertz CT molecular complexity index is 901. The molecule has 0 spiro atoms. The van der Waals surface area contributed by atoms with Crippen molar-refractivity contribution in [1.29, 1.82) is 0 Å². The summed E-state index contributed by atoms with van der Waals surface area (Å²) in [6.07, 6.45) is 3.58. The first kappa shape index (κ1) is 18.5. The molecule has 2 aromatic heterocycles. The molecule has 26 heavy (non-hydrogen) atoms. The summed E-state index contributed by atoms with van der Waals surface area (Å²) in [4.78, 5) is 17.9. The van der Waals surface area contributed by atoms with Gasteiger partial charge in [-0.25, -0.2) is 4.79 Å². The predicted molar refractivity (Wildman–Crippen MR) is 105 cm³/mol. The fourth-order valence-corrected chi connectivity index (χ4v) is 4.06. The molecule has 136 valence electrons. The Morgan fingerprint density at radius 1 is 1.08 bits per heavy atom. The molecule has 0 unspecified atom stereocenters. The summed E-state index contributed by atoms with van der Waals surface area (Å²) in [5, 5.41) is 4.45. The Kier molecular flexibility index (Phi) is 5.96. The molecular weight excluding hydrogens is 344 g/mol. The third-order valence-corrected chi connectivity index (χ3v) is 5.34. The van der Waals surface area contributed by atoms with E-state index < -0.39 is 0 Å². The fourth-order valence-electron chi connectivity index (χ4n) is 2.83. The lowest BCUT2D eigenvalue weighted by Gasteiger charge is -2.13. The van der Waals surface area contributed by atoms with Gasteiger partial charge in [-0.15, -0.1) is 0 Å². The molecular formula is C20H24N4OS. The Balaban J connectivity index is 1.87. The molecule has 0 aliphatic carbocycles. The van der Waals surface area contributed by atoms with Crippen molar-refractivity contribution in [3.8, 4) is 0 Å². The number of hydrogen-bond donors (Lipinski definition) is 1. The molecule has 0 aliphatic rings. The largest absolute Gasteiger partial charge is 0.329 e. The standard InChI is InChI=1S/C20H24N4OS/c1-15(2)24-19(26-17-7-5-4-6-8-17)18(23(3)20(24)25)14-22-13-16-9-11-21-12-10-16/h4-12,15,22H,13-14H2,1-3H3. The average Bonchev–Trinajstić information content (AvgIpc) is 2.88. The minimum absolute atomic E-state index is 0.0270. The van der Waals surface area contributed by atoms with E-state index in [2.05, 4.69) is 22.4 Å². The molecule has 0 bridgehead atoms. The van der Waals surface area contributed by atoms with E-state index in [1.54, 1.807) is 28.7 Å². The summed E-state index contributed by atoms with van der Waals surface area (Å²) in [6.45, 7) is 5.46. The highest BCUT2D eigenvalue weighted by Gasteiger charge is 2.20. The van der Waals surface area contributed by atoms with Crippen LogP contribution in [0.25, 0.3) is 0 Å². The van der Waals surface area contributed by atoms with E-state index in [0.29, 0.717) is 6.54 Å². The zero-order valence-electron chi connectivity index (χ0n) is 15.3. The van der Waals surface area contributed by atoms with Crippen LogP contribution in [-0.2, 0) is 20.1 Å². The van der Waals surface area contributed by atoms with Gasteiger partial charge in [0.1, 0.15) is 5.03 Å². The van der Waals surface area contributed by atoms with Crippen molar-refractivity contribution in [2.75, 3.05) is 0 Å². The first-order valence-electron chi connectivity index (χ1n) is 8.70. The van der Waals surface area contributed by atoms with Gasteiger partial charge < -0.3 is 5.32 Å². The maximum absolute atomic E-state index is 12.8. The highest BCUT2D eigenvalue weighted by molar-refractivity contribution is 7.99. The molecule has 0 saturated heterocycles. The van der Waals surface area contributed by atoms with E-state index in [1.807, 2.05) is 55.8 Å². The number of benzene rings is 1. The summed E-state index contributed by atoms with van der Waals surface area (Å²) in [6, 6.07) is 14.3. The molecule has 0 saturated carbocycles. The molecule has 0 fully saturated rings. The average molecular weight is 369 g/mol. The third-order valence-electron chi connectivity index (χ3n) is 4.21. The summed E-state index contributed by atoms with van der Waals surface area (Å²) >= 11 is 1.64. The number of rotatable bonds is 7. The summed E-state index contributed by atoms with van der Waals surface area (Å²) in [5.74, 6) is 0. The number of aromatic nitrogens is 3. The van der Waals surface area contributed by atoms with Gasteiger partial charge in [-0.05, 0) is 43.7 Å². The van der Waals surface area contributed by atoms with Gasteiger partial charge in [0.2, 0.25) is 0 Å². The van der Waals surface area contributed by atoms with Gasteiger partial charge in [-0.1, -0.05) is 30.0 Å². The van der Waals surface area contributed by atoms with Gasteiger partial charge in [-0.3, -0.25) is 14.1 Å². The van der Waals surface area contributed by atoms with Crippen molar-refractivity contribution >= 4 is 11.8 Å². The normalized spacial score (nSPS) is 11.2. The maximum atomic E-state index is 12.8. The maximum Gasteiger partial charge on any atom is 0.329 e. The number of hydrogen-bond acceptors (Lipinski definition) is 4. The zero-order valence-corrected chi connectivity index (χ0v) is 16.2. The van der Waals surface area contributed by atoms with Crippen LogP contribution in [0.4, 0.5) is 0 Å². The molecule has 0 radical (unpaired) electrons. The second kappa shape index (κ2) is 8.38. The molecule has 0 amide bonds. The topological polar surface area (TPSA) is 51.9 Å². The van der Waals surface area contributed by atoms with E-state index in [1.165, 1.54) is 5.56 Å². The van der Waals surface area contributed by atoms with Crippen LogP contribution in [0, 0.1) is 0 Å². The number of nitrogens with one attached hydrogen (secondary N) is 1. The highest BCUT2D eigenvalue weighted by Crippen LogP contribution is 2.31.